The monoisotopic (exact) mass is 462 g/mol. The van der Waals surface area contributed by atoms with Gasteiger partial charge in [0.2, 0.25) is 0 Å². The van der Waals surface area contributed by atoms with E-state index in [1.807, 2.05) is 26.8 Å². The van der Waals surface area contributed by atoms with E-state index in [0.29, 0.717) is 17.2 Å². The molecular weight excluding hydrogens is 435 g/mol. The molecule has 0 atom stereocenters. The minimum atomic E-state index is -0.507. The quantitative estimate of drug-likeness (QED) is 0.552. The van der Waals surface area contributed by atoms with Crippen molar-refractivity contribution < 1.29 is 23.4 Å². The first-order valence-corrected chi connectivity index (χ1v) is 11.2. The van der Waals surface area contributed by atoms with E-state index in [4.69, 9.17) is 25.8 Å². The molecule has 3 fully saturated rings. The zero-order valence-electron chi connectivity index (χ0n) is 18.6. The molecule has 2 aliphatic heterocycles. The van der Waals surface area contributed by atoms with Gasteiger partial charge in [-0.05, 0) is 64.7 Å². The number of hydrogen-bond donors (Lipinski definition) is 0. The highest BCUT2D eigenvalue weighted by Gasteiger charge is 2.52. The summed E-state index contributed by atoms with van der Waals surface area (Å²) >= 11 is 5.80. The van der Waals surface area contributed by atoms with Gasteiger partial charge in [-0.25, -0.2) is 9.37 Å². The van der Waals surface area contributed by atoms with E-state index in [1.54, 1.807) is 18.3 Å². The predicted molar refractivity (Wildman–Crippen MR) is 117 cm³/mol. The van der Waals surface area contributed by atoms with Crippen molar-refractivity contribution in [2.24, 2.45) is 0 Å². The molecule has 1 aromatic heterocycles. The van der Waals surface area contributed by atoms with E-state index < -0.39 is 17.0 Å². The van der Waals surface area contributed by atoms with Crippen LogP contribution in [0, 0.1) is 5.82 Å². The summed E-state index contributed by atoms with van der Waals surface area (Å²) in [5.41, 5.74) is 0.0366. The van der Waals surface area contributed by atoms with E-state index in [1.165, 1.54) is 6.07 Å². The zero-order chi connectivity index (χ0) is 23.0. The molecule has 3 heterocycles. The predicted octanol–water partition coefficient (Wildman–Crippen LogP) is 5.16. The van der Waals surface area contributed by atoms with Crippen LogP contribution in [0.4, 0.5) is 4.39 Å². The highest BCUT2D eigenvalue weighted by molar-refractivity contribution is 6.30. The molecule has 0 N–H and O–H groups in total. The van der Waals surface area contributed by atoms with Crippen molar-refractivity contribution in [3.63, 3.8) is 0 Å². The molecule has 1 aliphatic carbocycles. The largest absolute Gasteiger partial charge is 0.460 e. The molecule has 8 heteroatoms. The molecule has 3 aliphatic rings. The fourth-order valence-electron chi connectivity index (χ4n) is 4.45. The molecule has 6 nitrogen and oxygen atoms in total. The van der Waals surface area contributed by atoms with Crippen LogP contribution in [-0.4, -0.2) is 33.7 Å². The Morgan fingerprint density at radius 1 is 1.22 bits per heavy atom. The number of benzene rings is 1. The Kier molecular flexibility index (Phi) is 6.16. The van der Waals surface area contributed by atoms with Gasteiger partial charge in [-0.15, -0.1) is 0 Å². The molecule has 5 rings (SSSR count). The summed E-state index contributed by atoms with van der Waals surface area (Å²) in [5.74, 6) is -0.652. The van der Waals surface area contributed by atoms with Crippen LogP contribution in [0.3, 0.4) is 0 Å². The maximum Gasteiger partial charge on any atom is 0.316 e. The lowest BCUT2D eigenvalue weighted by molar-refractivity contribution is -0.185. The van der Waals surface area contributed by atoms with Crippen LogP contribution in [0.5, 0.6) is 6.01 Å². The summed E-state index contributed by atoms with van der Waals surface area (Å²) < 4.78 is 31.4. The van der Waals surface area contributed by atoms with Crippen molar-refractivity contribution in [1.82, 2.24) is 9.97 Å². The molecule has 2 saturated heterocycles. The number of fused-ring (bicyclic) bond motifs is 3. The number of hydrogen-bond acceptors (Lipinski definition) is 6. The molecule has 0 spiro atoms. The summed E-state index contributed by atoms with van der Waals surface area (Å²) in [6.45, 7) is 6.10. The lowest BCUT2D eigenvalue weighted by Crippen LogP contribution is -2.54. The molecule has 2 aromatic rings. The third kappa shape index (κ3) is 5.04. The van der Waals surface area contributed by atoms with Gasteiger partial charge in [0.05, 0.1) is 24.3 Å². The van der Waals surface area contributed by atoms with Crippen molar-refractivity contribution in [1.29, 1.82) is 0 Å². The van der Waals surface area contributed by atoms with Crippen molar-refractivity contribution in [3.8, 4) is 6.01 Å². The van der Waals surface area contributed by atoms with Gasteiger partial charge in [-0.1, -0.05) is 17.7 Å². The number of aromatic nitrogens is 2. The van der Waals surface area contributed by atoms with Gasteiger partial charge >= 0.3 is 12.0 Å². The molecule has 1 aromatic carbocycles. The number of rotatable bonds is 6. The second-order valence-corrected chi connectivity index (χ2v) is 10.2. The number of carbonyl (C=O) groups excluding carboxylic acids is 1. The van der Waals surface area contributed by atoms with Gasteiger partial charge in [0.1, 0.15) is 18.0 Å². The van der Waals surface area contributed by atoms with Gasteiger partial charge in [0.15, 0.2) is 0 Å². The van der Waals surface area contributed by atoms with E-state index in [0.717, 1.165) is 31.4 Å². The van der Waals surface area contributed by atoms with Gasteiger partial charge < -0.3 is 14.2 Å². The number of nitrogens with zero attached hydrogens (tertiary/aromatic N) is 2. The van der Waals surface area contributed by atoms with Crippen LogP contribution in [0.1, 0.15) is 64.1 Å². The number of halogens is 2. The second-order valence-electron chi connectivity index (χ2n) is 9.76. The zero-order valence-corrected chi connectivity index (χ0v) is 19.4. The molecule has 1 saturated carbocycles. The Bertz CT molecular complexity index is 983. The SMILES string of the molecule is CC(C)(C)OC(=O)CC12CCC(c3ccnc(OCc4ccc(Cl)cc4F)n3)(CC1)CO2. The number of ether oxygens (including phenoxy) is 3. The fraction of sp³-hybridized carbons (Fsp3) is 0.542. The molecular formula is C24H28ClFN2O4. The van der Waals surface area contributed by atoms with Crippen molar-refractivity contribution in [2.45, 2.75) is 76.1 Å². The summed E-state index contributed by atoms with van der Waals surface area (Å²) in [6.07, 6.45) is 5.17. The summed E-state index contributed by atoms with van der Waals surface area (Å²) in [4.78, 5) is 21.1. The van der Waals surface area contributed by atoms with Gasteiger partial charge in [-0.3, -0.25) is 4.79 Å². The number of esters is 1. The van der Waals surface area contributed by atoms with Gasteiger partial charge in [-0.2, -0.15) is 4.98 Å². The Morgan fingerprint density at radius 3 is 2.59 bits per heavy atom. The van der Waals surface area contributed by atoms with Crippen molar-refractivity contribution in [3.05, 3.63) is 52.6 Å². The van der Waals surface area contributed by atoms with Crippen LogP contribution >= 0.6 is 11.6 Å². The lowest BCUT2D eigenvalue weighted by atomic mass is 9.63. The molecule has 32 heavy (non-hydrogen) atoms. The van der Waals surface area contributed by atoms with Gasteiger partial charge in [0, 0.05) is 22.2 Å². The molecule has 172 valence electrons. The minimum Gasteiger partial charge on any atom is -0.460 e. The minimum absolute atomic E-state index is 0.00888. The molecule has 0 radical (unpaired) electrons. The first-order valence-electron chi connectivity index (χ1n) is 10.8. The average molecular weight is 463 g/mol. The average Bonchev–Trinajstić information content (AvgIpc) is 2.73. The van der Waals surface area contributed by atoms with E-state index in [-0.39, 0.29) is 30.4 Å². The summed E-state index contributed by atoms with van der Waals surface area (Å²) in [7, 11) is 0. The standard InChI is InChI=1S/C24H28ClFN2O4/c1-22(2,3)32-20(29)13-24-9-7-23(8-10-24,15-31-24)19-6-11-27-21(28-19)30-14-16-4-5-17(25)12-18(16)26/h4-6,11-12H,7-10,13-15H2,1-3H3. The molecule has 0 amide bonds. The Hall–Kier alpha value is -2.25. The maximum absolute atomic E-state index is 14.0. The fourth-order valence-corrected chi connectivity index (χ4v) is 4.61. The van der Waals surface area contributed by atoms with Crippen LogP contribution in [0.2, 0.25) is 5.02 Å². The van der Waals surface area contributed by atoms with Gasteiger partial charge in [0.25, 0.3) is 0 Å². The molecule has 0 unspecified atom stereocenters. The number of carbonyl (C=O) groups is 1. The Balaban J connectivity index is 1.41. The summed E-state index contributed by atoms with van der Waals surface area (Å²) in [6, 6.07) is 6.53. The maximum atomic E-state index is 14.0. The highest BCUT2D eigenvalue weighted by Crippen LogP contribution is 2.51. The Labute approximate surface area is 192 Å². The third-order valence-corrected chi connectivity index (χ3v) is 6.44. The smallest absolute Gasteiger partial charge is 0.316 e. The van der Waals surface area contributed by atoms with Crippen molar-refractivity contribution >= 4 is 17.6 Å². The highest BCUT2D eigenvalue weighted by atomic mass is 35.5. The lowest BCUT2D eigenvalue weighted by Gasteiger charge is -2.52. The normalized spacial score (nSPS) is 24.9. The molecule has 2 bridgehead atoms. The van der Waals surface area contributed by atoms with Crippen molar-refractivity contribution in [2.75, 3.05) is 6.61 Å². The third-order valence-electron chi connectivity index (χ3n) is 6.21. The topological polar surface area (TPSA) is 70.5 Å². The van der Waals surface area contributed by atoms with Crippen LogP contribution in [0.25, 0.3) is 0 Å². The van der Waals surface area contributed by atoms with E-state index >= 15 is 0 Å². The van der Waals surface area contributed by atoms with Crippen LogP contribution in [0.15, 0.2) is 30.5 Å². The first-order chi connectivity index (χ1) is 15.1. The van der Waals surface area contributed by atoms with E-state index in [2.05, 4.69) is 9.97 Å². The van der Waals surface area contributed by atoms with Crippen LogP contribution < -0.4 is 4.74 Å². The second kappa shape index (κ2) is 8.60. The van der Waals surface area contributed by atoms with E-state index in [9.17, 15) is 9.18 Å². The first kappa shape index (κ1) is 22.9. The van der Waals surface area contributed by atoms with Crippen LogP contribution in [-0.2, 0) is 26.3 Å². The summed E-state index contributed by atoms with van der Waals surface area (Å²) in [5, 5.41) is 0.334. The Morgan fingerprint density at radius 2 is 1.97 bits per heavy atom.